The number of nitrogens with zero attached hydrogens (tertiary/aromatic N) is 4. The molecule has 2 aliphatic heterocycles. The molecule has 2 unspecified atom stereocenters. The first kappa shape index (κ1) is 19.5. The van der Waals surface area contributed by atoms with Gasteiger partial charge < -0.3 is 15.6 Å². The molecule has 1 aromatic carbocycles. The van der Waals surface area contributed by atoms with E-state index in [1.54, 1.807) is 0 Å². The van der Waals surface area contributed by atoms with Gasteiger partial charge in [-0.1, -0.05) is 11.6 Å². The van der Waals surface area contributed by atoms with Gasteiger partial charge in [0.15, 0.2) is 0 Å². The number of hydrogen-bond acceptors (Lipinski definition) is 5. The van der Waals surface area contributed by atoms with Gasteiger partial charge in [0.1, 0.15) is 5.82 Å². The van der Waals surface area contributed by atoms with Crippen molar-refractivity contribution in [3.8, 4) is 0 Å². The minimum atomic E-state index is -0.723. The second kappa shape index (κ2) is 6.64. The lowest BCUT2D eigenvalue weighted by Crippen LogP contribution is -2.44. The summed E-state index contributed by atoms with van der Waals surface area (Å²) in [5.74, 6) is 6.05. The monoisotopic (exact) mass is 429 g/mol. The quantitative estimate of drug-likeness (QED) is 0.730. The third-order valence-corrected chi connectivity index (χ3v) is 6.53. The highest BCUT2D eigenvalue weighted by molar-refractivity contribution is 6.38. The normalized spacial score (nSPS) is 24.6. The fraction of sp³-hybridized carbons (Fsp3) is 0.556. The van der Waals surface area contributed by atoms with Gasteiger partial charge in [-0.15, -0.1) is 12.4 Å². The first-order valence-electron chi connectivity index (χ1n) is 9.24. The second-order valence-electron chi connectivity index (χ2n) is 8.12. The summed E-state index contributed by atoms with van der Waals surface area (Å²) < 4.78 is 17.0. The van der Waals surface area contributed by atoms with Crippen LogP contribution >= 0.6 is 24.0 Å². The number of aromatic nitrogens is 2. The molecule has 2 saturated heterocycles. The predicted molar refractivity (Wildman–Crippen MR) is 110 cm³/mol. The number of nitrogen functional groups attached to an aromatic ring is 1. The number of hydrogen-bond donors (Lipinski definition) is 1. The SMILES string of the molecule is CN1CC2CN(c3c(F)cc4c(=O)n(N)c(=O)n(C5CC5)c4c3Cl)CC2C1.Cl. The van der Waals surface area contributed by atoms with Crippen LogP contribution in [0.5, 0.6) is 0 Å². The van der Waals surface area contributed by atoms with Crippen LogP contribution in [0.15, 0.2) is 15.7 Å². The van der Waals surface area contributed by atoms with Crippen LogP contribution in [0, 0.1) is 17.7 Å². The highest BCUT2D eigenvalue weighted by Crippen LogP contribution is 2.43. The Hall–Kier alpha value is -1.77. The maximum absolute atomic E-state index is 15.0. The van der Waals surface area contributed by atoms with E-state index >= 15 is 4.39 Å². The average molecular weight is 430 g/mol. The minimum absolute atomic E-state index is 0. The Balaban J connectivity index is 0.00000192. The Labute approximate surface area is 171 Å². The summed E-state index contributed by atoms with van der Waals surface area (Å²) >= 11 is 6.64. The van der Waals surface area contributed by atoms with Crippen LogP contribution in [0.25, 0.3) is 10.9 Å². The Kier molecular flexibility index (Phi) is 4.63. The lowest BCUT2D eigenvalue weighted by Gasteiger charge is -2.24. The van der Waals surface area contributed by atoms with Crippen molar-refractivity contribution in [1.29, 1.82) is 0 Å². The lowest BCUT2D eigenvalue weighted by molar-refractivity contribution is 0.386. The predicted octanol–water partition coefficient (Wildman–Crippen LogP) is 1.42. The van der Waals surface area contributed by atoms with Gasteiger partial charge in [-0.2, -0.15) is 4.68 Å². The summed E-state index contributed by atoms with van der Waals surface area (Å²) in [5, 5.41) is 0.189. The largest absolute Gasteiger partial charge is 0.367 e. The number of fused-ring (bicyclic) bond motifs is 2. The van der Waals surface area contributed by atoms with Crippen LogP contribution in [0.1, 0.15) is 18.9 Å². The van der Waals surface area contributed by atoms with Gasteiger partial charge >= 0.3 is 5.69 Å². The molecule has 3 heterocycles. The Bertz CT molecular complexity index is 1070. The fourth-order valence-corrected chi connectivity index (χ4v) is 5.20. The maximum atomic E-state index is 15.0. The molecule has 3 fully saturated rings. The molecule has 2 N–H and O–H groups in total. The number of likely N-dealkylation sites (tertiary alicyclic amines) is 1. The van der Waals surface area contributed by atoms with Crippen molar-refractivity contribution >= 4 is 40.6 Å². The van der Waals surface area contributed by atoms with E-state index < -0.39 is 17.1 Å². The molecule has 0 amide bonds. The van der Waals surface area contributed by atoms with Gasteiger partial charge in [-0.05, 0) is 37.8 Å². The van der Waals surface area contributed by atoms with Crippen molar-refractivity contribution in [3.63, 3.8) is 0 Å². The molecule has 1 saturated carbocycles. The smallest absolute Gasteiger partial charge is 0.350 e. The van der Waals surface area contributed by atoms with E-state index in [1.165, 1.54) is 10.6 Å². The standard InChI is InChI=1S/C18H21ClFN5O2.ClH/c1-22-5-9-7-23(8-10(9)6-22)16-13(20)4-12-15(14(16)19)24(11-2-3-11)18(27)25(21)17(12)26;/h4,9-11H,2-3,5-8,21H2,1H3;1H. The molecule has 2 atom stereocenters. The third kappa shape index (κ3) is 2.73. The van der Waals surface area contributed by atoms with Crippen molar-refractivity contribution in [2.45, 2.75) is 18.9 Å². The highest BCUT2D eigenvalue weighted by Gasteiger charge is 2.40. The van der Waals surface area contributed by atoms with Gasteiger partial charge in [0.2, 0.25) is 0 Å². The third-order valence-electron chi connectivity index (χ3n) is 6.17. The molecular formula is C18H22Cl2FN5O2. The van der Waals surface area contributed by atoms with Crippen LogP contribution in [-0.4, -0.2) is 47.4 Å². The molecule has 7 nitrogen and oxygen atoms in total. The van der Waals surface area contributed by atoms with Gasteiger partial charge in [0, 0.05) is 32.2 Å². The van der Waals surface area contributed by atoms with Gasteiger partial charge in [0.05, 0.1) is 21.6 Å². The molecule has 3 aliphatic rings. The molecule has 10 heteroatoms. The average Bonchev–Trinajstić information content (AvgIpc) is 3.28. The highest BCUT2D eigenvalue weighted by atomic mass is 35.5. The zero-order valence-corrected chi connectivity index (χ0v) is 17.0. The Morgan fingerprint density at radius 1 is 1.14 bits per heavy atom. The molecule has 1 aliphatic carbocycles. The van der Waals surface area contributed by atoms with Gasteiger partial charge in [-0.25, -0.2) is 9.18 Å². The molecule has 5 rings (SSSR count). The van der Waals surface area contributed by atoms with Crippen molar-refractivity contribution in [1.82, 2.24) is 14.1 Å². The van der Waals surface area contributed by atoms with E-state index in [0.717, 1.165) is 39.0 Å². The van der Waals surface area contributed by atoms with Gasteiger partial charge in [-0.3, -0.25) is 9.36 Å². The number of rotatable bonds is 2. The fourth-order valence-electron chi connectivity index (χ4n) is 4.80. The zero-order valence-electron chi connectivity index (χ0n) is 15.4. The van der Waals surface area contributed by atoms with E-state index in [1.807, 2.05) is 4.90 Å². The number of nitrogens with two attached hydrogens (primary N) is 1. The summed E-state index contributed by atoms with van der Waals surface area (Å²) in [5.41, 5.74) is -0.723. The number of benzene rings is 1. The van der Waals surface area contributed by atoms with Crippen LogP contribution < -0.4 is 22.0 Å². The van der Waals surface area contributed by atoms with E-state index in [9.17, 15) is 9.59 Å². The molecule has 0 bridgehead atoms. The number of halogens is 3. The molecular weight excluding hydrogens is 408 g/mol. The van der Waals surface area contributed by atoms with E-state index in [2.05, 4.69) is 11.9 Å². The van der Waals surface area contributed by atoms with E-state index in [0.29, 0.717) is 27.7 Å². The van der Waals surface area contributed by atoms with Crippen molar-refractivity contribution in [2.24, 2.45) is 11.8 Å². The summed E-state index contributed by atoms with van der Waals surface area (Å²) in [6, 6.07) is 1.14. The second-order valence-corrected chi connectivity index (χ2v) is 8.50. The molecule has 1 aromatic heterocycles. The van der Waals surface area contributed by atoms with E-state index in [-0.39, 0.29) is 28.9 Å². The maximum Gasteiger partial charge on any atom is 0.350 e. The van der Waals surface area contributed by atoms with Crippen LogP contribution in [0.3, 0.4) is 0 Å². The summed E-state index contributed by atoms with van der Waals surface area (Å²) in [6.07, 6.45) is 1.63. The number of anilines is 1. The molecule has 2 aromatic rings. The summed E-state index contributed by atoms with van der Waals surface area (Å²) in [6.45, 7) is 3.41. The van der Waals surface area contributed by atoms with Crippen molar-refractivity contribution in [2.75, 3.05) is 44.0 Å². The summed E-state index contributed by atoms with van der Waals surface area (Å²) in [4.78, 5) is 29.3. The molecule has 0 spiro atoms. The van der Waals surface area contributed by atoms with Crippen molar-refractivity contribution in [3.05, 3.63) is 37.7 Å². The van der Waals surface area contributed by atoms with Crippen LogP contribution in [-0.2, 0) is 0 Å². The van der Waals surface area contributed by atoms with Gasteiger partial charge in [0.25, 0.3) is 5.56 Å². The Morgan fingerprint density at radius 3 is 2.32 bits per heavy atom. The molecule has 0 radical (unpaired) electrons. The van der Waals surface area contributed by atoms with Crippen molar-refractivity contribution < 1.29 is 4.39 Å². The first-order chi connectivity index (χ1) is 12.9. The molecule has 28 heavy (non-hydrogen) atoms. The minimum Gasteiger partial charge on any atom is -0.367 e. The van der Waals surface area contributed by atoms with Crippen LogP contribution in [0.2, 0.25) is 5.02 Å². The zero-order chi connectivity index (χ0) is 19.0. The van der Waals surface area contributed by atoms with Crippen LogP contribution in [0.4, 0.5) is 10.1 Å². The topological polar surface area (TPSA) is 76.5 Å². The first-order valence-corrected chi connectivity index (χ1v) is 9.62. The van der Waals surface area contributed by atoms with E-state index in [4.69, 9.17) is 17.4 Å². The summed E-state index contributed by atoms with van der Waals surface area (Å²) in [7, 11) is 2.10. The lowest BCUT2D eigenvalue weighted by atomic mass is 10.0. The Morgan fingerprint density at radius 2 is 1.75 bits per heavy atom. The molecule has 152 valence electrons.